The van der Waals surface area contributed by atoms with E-state index in [0.29, 0.717) is 26.6 Å². The molecule has 1 aromatic rings. The summed E-state index contributed by atoms with van der Waals surface area (Å²) in [5.74, 6) is -0.175. The Hall–Kier alpha value is -0.560. The minimum atomic E-state index is -0.964. The van der Waals surface area contributed by atoms with E-state index in [0.717, 1.165) is 0 Å². The van der Waals surface area contributed by atoms with Gasteiger partial charge in [-0.2, -0.15) is 0 Å². The van der Waals surface area contributed by atoms with Crippen LogP contribution in [0.4, 0.5) is 0 Å². The van der Waals surface area contributed by atoms with Gasteiger partial charge in [-0.3, -0.25) is 4.79 Å². The van der Waals surface area contributed by atoms with Crippen LogP contribution in [0.5, 0.6) is 0 Å². The summed E-state index contributed by atoms with van der Waals surface area (Å²) >= 11 is 14.6. The van der Waals surface area contributed by atoms with Crippen molar-refractivity contribution in [3.05, 3.63) is 28.2 Å². The first kappa shape index (κ1) is 15.8. The Balaban J connectivity index is 1.98. The summed E-state index contributed by atoms with van der Waals surface area (Å²) in [6, 6.07) is 4.30. The number of halogens is 2. The molecule has 0 aliphatic carbocycles. The van der Waals surface area contributed by atoms with E-state index >= 15 is 0 Å². The Labute approximate surface area is 134 Å². The number of rotatable bonds is 4. The van der Waals surface area contributed by atoms with Crippen molar-refractivity contribution in [3.8, 4) is 0 Å². The fourth-order valence-corrected chi connectivity index (χ4v) is 4.25. The highest BCUT2D eigenvalue weighted by Gasteiger charge is 2.34. The van der Waals surface area contributed by atoms with E-state index in [2.05, 4.69) is 0 Å². The zero-order valence-electron chi connectivity index (χ0n) is 10.2. The zero-order valence-corrected chi connectivity index (χ0v) is 13.4. The van der Waals surface area contributed by atoms with Gasteiger partial charge in [-0.25, -0.2) is 4.79 Å². The summed E-state index contributed by atoms with van der Waals surface area (Å²) in [7, 11) is 0. The molecule has 1 aliphatic heterocycles. The lowest BCUT2D eigenvalue weighted by atomic mass is 10.3. The Morgan fingerprint density at radius 1 is 1.45 bits per heavy atom. The number of hydrogen-bond donors (Lipinski definition) is 1. The van der Waals surface area contributed by atoms with Gasteiger partial charge in [0, 0.05) is 15.7 Å². The number of amides is 1. The lowest BCUT2D eigenvalue weighted by Crippen LogP contribution is -2.42. The monoisotopic (exact) mass is 351 g/mol. The Morgan fingerprint density at radius 2 is 2.20 bits per heavy atom. The van der Waals surface area contributed by atoms with Crippen LogP contribution in [0, 0.1) is 0 Å². The smallest absolute Gasteiger partial charge is 0.327 e. The fourth-order valence-electron chi connectivity index (χ4n) is 1.70. The van der Waals surface area contributed by atoms with Gasteiger partial charge in [0.05, 0.1) is 16.7 Å². The standard InChI is InChI=1S/C12H11Cl2NO3S2/c13-7-1-2-8(14)10(3-7)20-5-11(16)15-6-19-4-9(15)12(17)18/h1-3,9H,4-6H2,(H,17,18). The van der Waals surface area contributed by atoms with Crippen molar-refractivity contribution in [2.75, 3.05) is 17.4 Å². The van der Waals surface area contributed by atoms with E-state index in [-0.39, 0.29) is 11.7 Å². The quantitative estimate of drug-likeness (QED) is 0.844. The Morgan fingerprint density at radius 3 is 2.90 bits per heavy atom. The first-order valence-electron chi connectivity index (χ1n) is 5.67. The van der Waals surface area contributed by atoms with Crippen molar-refractivity contribution in [2.45, 2.75) is 10.9 Å². The number of hydrogen-bond acceptors (Lipinski definition) is 4. The van der Waals surface area contributed by atoms with Crippen molar-refractivity contribution >= 4 is 58.6 Å². The predicted octanol–water partition coefficient (Wildman–Crippen LogP) is 3.07. The minimum absolute atomic E-state index is 0.143. The molecule has 1 aromatic carbocycles. The number of benzene rings is 1. The highest BCUT2D eigenvalue weighted by Crippen LogP contribution is 2.31. The summed E-state index contributed by atoms with van der Waals surface area (Å²) in [5.41, 5.74) is 0. The number of carbonyl (C=O) groups excluding carboxylic acids is 1. The van der Waals surface area contributed by atoms with Crippen LogP contribution >= 0.6 is 46.7 Å². The first-order chi connectivity index (χ1) is 9.49. The van der Waals surface area contributed by atoms with Gasteiger partial charge in [0.15, 0.2) is 0 Å². The molecule has 1 unspecified atom stereocenters. The number of nitrogens with zero attached hydrogens (tertiary/aromatic N) is 1. The average molecular weight is 352 g/mol. The van der Waals surface area contributed by atoms with Crippen LogP contribution in [0.25, 0.3) is 0 Å². The van der Waals surface area contributed by atoms with Gasteiger partial charge in [-0.1, -0.05) is 23.2 Å². The maximum Gasteiger partial charge on any atom is 0.327 e. The van der Waals surface area contributed by atoms with Gasteiger partial charge in [0.2, 0.25) is 5.91 Å². The molecule has 2 rings (SSSR count). The van der Waals surface area contributed by atoms with Crippen LogP contribution in [-0.4, -0.2) is 45.3 Å². The van der Waals surface area contributed by atoms with Crippen LogP contribution in [0.1, 0.15) is 0 Å². The molecule has 1 heterocycles. The topological polar surface area (TPSA) is 57.6 Å². The maximum absolute atomic E-state index is 12.1. The number of thioether (sulfide) groups is 2. The summed E-state index contributed by atoms with van der Waals surface area (Å²) in [6.07, 6.45) is 0. The van der Waals surface area contributed by atoms with Crippen molar-refractivity contribution < 1.29 is 14.7 Å². The van der Waals surface area contributed by atoms with Gasteiger partial charge in [0.25, 0.3) is 0 Å². The van der Waals surface area contributed by atoms with Gasteiger partial charge in [-0.15, -0.1) is 23.5 Å². The second-order valence-corrected chi connectivity index (χ2v) is 6.94. The summed E-state index contributed by atoms with van der Waals surface area (Å²) < 4.78 is 0. The third-order valence-corrected chi connectivity index (χ3v) is 5.46. The van der Waals surface area contributed by atoms with Gasteiger partial charge in [-0.05, 0) is 18.2 Å². The van der Waals surface area contributed by atoms with Crippen molar-refractivity contribution in [2.24, 2.45) is 0 Å². The van der Waals surface area contributed by atoms with E-state index in [1.54, 1.807) is 18.2 Å². The highest BCUT2D eigenvalue weighted by molar-refractivity contribution is 8.00. The zero-order chi connectivity index (χ0) is 14.7. The Kier molecular flexibility index (Phi) is 5.49. The number of aliphatic carboxylic acids is 1. The van der Waals surface area contributed by atoms with Crippen LogP contribution < -0.4 is 0 Å². The van der Waals surface area contributed by atoms with E-state index in [1.807, 2.05) is 0 Å². The van der Waals surface area contributed by atoms with E-state index in [9.17, 15) is 9.59 Å². The molecular weight excluding hydrogens is 341 g/mol. The molecule has 1 N–H and O–H groups in total. The third-order valence-electron chi connectivity index (χ3n) is 2.73. The lowest BCUT2D eigenvalue weighted by molar-refractivity contribution is -0.146. The third kappa shape index (κ3) is 3.75. The molecule has 0 radical (unpaired) electrons. The molecule has 1 fully saturated rings. The average Bonchev–Trinajstić information content (AvgIpc) is 2.89. The minimum Gasteiger partial charge on any atom is -0.480 e. The number of carbonyl (C=O) groups is 2. The number of carboxylic acids is 1. The first-order valence-corrected chi connectivity index (χ1v) is 8.56. The van der Waals surface area contributed by atoms with Crippen LogP contribution in [0.2, 0.25) is 10.0 Å². The van der Waals surface area contributed by atoms with Crippen LogP contribution in [0.15, 0.2) is 23.1 Å². The van der Waals surface area contributed by atoms with E-state index in [1.165, 1.54) is 28.4 Å². The molecule has 1 amide bonds. The molecule has 1 atom stereocenters. The lowest BCUT2D eigenvalue weighted by Gasteiger charge is -2.20. The number of carboxylic acid groups (broad SMARTS) is 1. The van der Waals surface area contributed by atoms with Gasteiger partial charge < -0.3 is 10.0 Å². The molecule has 0 spiro atoms. The maximum atomic E-state index is 12.1. The summed E-state index contributed by atoms with van der Waals surface area (Å²) in [6.45, 7) is 0. The van der Waals surface area contributed by atoms with Gasteiger partial charge in [0.1, 0.15) is 6.04 Å². The van der Waals surface area contributed by atoms with Crippen molar-refractivity contribution in [3.63, 3.8) is 0 Å². The molecule has 108 valence electrons. The molecule has 0 saturated carbocycles. The predicted molar refractivity (Wildman–Crippen MR) is 82.8 cm³/mol. The molecule has 8 heteroatoms. The second kappa shape index (κ2) is 6.93. The Bertz CT molecular complexity index is 541. The molecule has 1 saturated heterocycles. The SMILES string of the molecule is O=C(O)C1CSCN1C(=O)CSc1cc(Cl)ccc1Cl. The summed E-state index contributed by atoms with van der Waals surface area (Å²) in [4.78, 5) is 25.2. The van der Waals surface area contributed by atoms with Crippen LogP contribution in [0.3, 0.4) is 0 Å². The molecule has 0 aromatic heterocycles. The van der Waals surface area contributed by atoms with Crippen molar-refractivity contribution in [1.29, 1.82) is 0 Å². The molecule has 4 nitrogen and oxygen atoms in total. The second-order valence-electron chi connectivity index (χ2n) is 4.08. The summed E-state index contributed by atoms with van der Waals surface area (Å²) in [5, 5.41) is 10.1. The normalized spacial score (nSPS) is 18.3. The van der Waals surface area contributed by atoms with E-state index in [4.69, 9.17) is 28.3 Å². The van der Waals surface area contributed by atoms with E-state index < -0.39 is 12.0 Å². The van der Waals surface area contributed by atoms with Gasteiger partial charge >= 0.3 is 5.97 Å². The fraction of sp³-hybridized carbons (Fsp3) is 0.333. The largest absolute Gasteiger partial charge is 0.480 e. The van der Waals surface area contributed by atoms with Crippen LogP contribution in [-0.2, 0) is 9.59 Å². The molecule has 0 bridgehead atoms. The van der Waals surface area contributed by atoms with Crippen molar-refractivity contribution in [1.82, 2.24) is 4.90 Å². The highest BCUT2D eigenvalue weighted by atomic mass is 35.5. The molecule has 1 aliphatic rings. The molecule has 20 heavy (non-hydrogen) atoms. The molecular formula is C12H11Cl2NO3S2.